The number of fused-ring (bicyclic) bond motifs is 1. The van der Waals surface area contributed by atoms with Crippen molar-refractivity contribution in [3.05, 3.63) is 29.3 Å². The van der Waals surface area contributed by atoms with E-state index >= 15 is 0 Å². The van der Waals surface area contributed by atoms with Gasteiger partial charge in [-0.3, -0.25) is 4.79 Å². The molecule has 0 radical (unpaired) electrons. The Bertz CT molecular complexity index is 676. The van der Waals surface area contributed by atoms with Crippen molar-refractivity contribution in [3.63, 3.8) is 0 Å². The van der Waals surface area contributed by atoms with E-state index in [-0.39, 0.29) is 12.5 Å². The quantitative estimate of drug-likeness (QED) is 0.843. The monoisotopic (exact) mass is 365 g/mol. The molecule has 0 saturated carbocycles. The number of ether oxygens (including phenoxy) is 4. The second-order valence-corrected chi connectivity index (χ2v) is 7.44. The SMILES string of the molecule is CC(=O)N[C@@H]1[C@H](Oc2cc(C)ccc2C)O[C@@H]2COC(C)(C)O[C@@H]2[C@@H]1O. The second kappa shape index (κ2) is 7.15. The third kappa shape index (κ3) is 4.01. The van der Waals surface area contributed by atoms with Gasteiger partial charge in [0.2, 0.25) is 12.2 Å². The summed E-state index contributed by atoms with van der Waals surface area (Å²) < 4.78 is 23.5. The van der Waals surface area contributed by atoms with Gasteiger partial charge in [0.1, 0.15) is 30.1 Å². The molecule has 2 heterocycles. The lowest BCUT2D eigenvalue weighted by molar-refractivity contribution is -0.361. The Morgan fingerprint density at radius 2 is 2.08 bits per heavy atom. The summed E-state index contributed by atoms with van der Waals surface area (Å²) in [6.07, 6.45) is -2.95. The predicted molar refractivity (Wildman–Crippen MR) is 93.7 cm³/mol. The molecule has 7 heteroatoms. The molecule has 2 aliphatic rings. The Morgan fingerprint density at radius 1 is 1.35 bits per heavy atom. The molecule has 2 saturated heterocycles. The molecular formula is C19H27NO6. The number of rotatable bonds is 3. The number of carbonyl (C=O) groups excluding carboxylic acids is 1. The topological polar surface area (TPSA) is 86.3 Å². The Balaban J connectivity index is 1.85. The molecule has 0 spiro atoms. The maximum atomic E-state index is 11.7. The third-order valence-corrected chi connectivity index (χ3v) is 4.64. The van der Waals surface area contributed by atoms with Crippen molar-refractivity contribution in [1.82, 2.24) is 5.32 Å². The van der Waals surface area contributed by atoms with Crippen LogP contribution in [0.25, 0.3) is 0 Å². The van der Waals surface area contributed by atoms with E-state index in [0.29, 0.717) is 5.75 Å². The van der Waals surface area contributed by atoms with Crippen LogP contribution in [0.5, 0.6) is 5.75 Å². The first-order valence-electron chi connectivity index (χ1n) is 8.82. The highest BCUT2D eigenvalue weighted by atomic mass is 16.8. The summed E-state index contributed by atoms with van der Waals surface area (Å²) in [5, 5.41) is 13.6. The predicted octanol–water partition coefficient (Wildman–Crippen LogP) is 1.42. The van der Waals surface area contributed by atoms with Crippen LogP contribution in [0.4, 0.5) is 0 Å². The zero-order valence-electron chi connectivity index (χ0n) is 15.8. The summed E-state index contributed by atoms with van der Waals surface area (Å²) in [5.41, 5.74) is 1.98. The van der Waals surface area contributed by atoms with Gasteiger partial charge < -0.3 is 29.4 Å². The van der Waals surface area contributed by atoms with Gasteiger partial charge in [-0.05, 0) is 44.9 Å². The van der Waals surface area contributed by atoms with Crippen LogP contribution in [0.2, 0.25) is 0 Å². The van der Waals surface area contributed by atoms with E-state index in [1.807, 2.05) is 32.0 Å². The fourth-order valence-electron chi connectivity index (χ4n) is 3.29. The number of aliphatic hydroxyl groups excluding tert-OH is 1. The zero-order valence-corrected chi connectivity index (χ0v) is 15.8. The number of aryl methyl sites for hydroxylation is 2. The van der Waals surface area contributed by atoms with E-state index < -0.39 is 36.4 Å². The lowest BCUT2D eigenvalue weighted by atomic mass is 9.95. The minimum atomic E-state index is -0.990. The summed E-state index contributed by atoms with van der Waals surface area (Å²) in [7, 11) is 0. The highest BCUT2D eigenvalue weighted by Gasteiger charge is 2.52. The van der Waals surface area contributed by atoms with Crippen LogP contribution in [-0.2, 0) is 19.0 Å². The summed E-state index contributed by atoms with van der Waals surface area (Å²) in [5.74, 6) is -0.460. The summed E-state index contributed by atoms with van der Waals surface area (Å²) >= 11 is 0. The standard InChI is InChI=1S/C19H27NO6/c1-10-6-7-11(2)13(8-10)24-18-15(20-12(3)21)16(22)17-14(25-18)9-23-19(4,5)26-17/h6-8,14-18,22H,9H2,1-5H3,(H,20,21)/t14-,15+,16-,17+,18-/m1/s1. The summed E-state index contributed by atoms with van der Waals surface area (Å²) in [4.78, 5) is 11.7. The molecule has 7 nitrogen and oxygen atoms in total. The van der Waals surface area contributed by atoms with Crippen molar-refractivity contribution in [3.8, 4) is 5.75 Å². The van der Waals surface area contributed by atoms with E-state index in [1.54, 1.807) is 13.8 Å². The van der Waals surface area contributed by atoms with Crippen molar-refractivity contribution < 1.29 is 28.8 Å². The molecule has 0 unspecified atom stereocenters. The number of aliphatic hydroxyl groups is 1. The van der Waals surface area contributed by atoms with Crippen molar-refractivity contribution in [2.75, 3.05) is 6.61 Å². The molecule has 0 aromatic heterocycles. The lowest BCUT2D eigenvalue weighted by Crippen LogP contribution is -2.69. The van der Waals surface area contributed by atoms with E-state index in [0.717, 1.165) is 11.1 Å². The molecule has 26 heavy (non-hydrogen) atoms. The minimum Gasteiger partial charge on any atom is -0.462 e. The Kier molecular flexibility index (Phi) is 5.25. The molecule has 0 bridgehead atoms. The van der Waals surface area contributed by atoms with Gasteiger partial charge in [-0.25, -0.2) is 0 Å². The Labute approximate surface area is 153 Å². The normalized spacial score (nSPS) is 33.2. The molecular weight excluding hydrogens is 338 g/mol. The average Bonchev–Trinajstić information content (AvgIpc) is 2.54. The summed E-state index contributed by atoms with van der Waals surface area (Å²) in [6.45, 7) is 9.12. The van der Waals surface area contributed by atoms with Crippen LogP contribution >= 0.6 is 0 Å². The van der Waals surface area contributed by atoms with Crippen molar-refractivity contribution in [1.29, 1.82) is 0 Å². The van der Waals surface area contributed by atoms with Crippen LogP contribution in [0.3, 0.4) is 0 Å². The van der Waals surface area contributed by atoms with Crippen LogP contribution < -0.4 is 10.1 Å². The number of benzene rings is 1. The smallest absolute Gasteiger partial charge is 0.223 e. The Hall–Kier alpha value is -1.67. The largest absolute Gasteiger partial charge is 0.462 e. The lowest BCUT2D eigenvalue weighted by Gasteiger charge is -2.49. The van der Waals surface area contributed by atoms with Crippen LogP contribution in [0.15, 0.2) is 18.2 Å². The number of amides is 1. The van der Waals surface area contributed by atoms with Gasteiger partial charge in [0.05, 0.1) is 6.61 Å². The highest BCUT2D eigenvalue weighted by molar-refractivity contribution is 5.73. The Morgan fingerprint density at radius 3 is 2.77 bits per heavy atom. The van der Waals surface area contributed by atoms with E-state index in [1.165, 1.54) is 6.92 Å². The summed E-state index contributed by atoms with van der Waals surface area (Å²) in [6, 6.07) is 5.09. The van der Waals surface area contributed by atoms with Gasteiger partial charge >= 0.3 is 0 Å². The molecule has 2 aliphatic heterocycles. The van der Waals surface area contributed by atoms with Gasteiger partial charge in [0.15, 0.2) is 5.79 Å². The maximum absolute atomic E-state index is 11.7. The van der Waals surface area contributed by atoms with E-state index in [9.17, 15) is 9.90 Å². The molecule has 1 aromatic rings. The number of nitrogens with one attached hydrogen (secondary N) is 1. The molecule has 3 rings (SSSR count). The van der Waals surface area contributed by atoms with Gasteiger partial charge in [-0.2, -0.15) is 0 Å². The number of hydrogen-bond donors (Lipinski definition) is 2. The second-order valence-electron chi connectivity index (χ2n) is 7.44. The van der Waals surface area contributed by atoms with Gasteiger partial charge in [0.25, 0.3) is 0 Å². The minimum absolute atomic E-state index is 0.272. The first kappa shape index (κ1) is 19.1. The van der Waals surface area contributed by atoms with Crippen molar-refractivity contribution in [2.45, 2.75) is 71.0 Å². The number of hydrogen-bond acceptors (Lipinski definition) is 6. The van der Waals surface area contributed by atoms with Gasteiger partial charge in [0, 0.05) is 6.92 Å². The molecule has 2 fully saturated rings. The molecule has 0 aliphatic carbocycles. The fourth-order valence-corrected chi connectivity index (χ4v) is 3.29. The fraction of sp³-hybridized carbons (Fsp3) is 0.632. The molecule has 1 amide bonds. The van der Waals surface area contributed by atoms with Crippen LogP contribution in [0, 0.1) is 13.8 Å². The molecule has 144 valence electrons. The molecule has 2 N–H and O–H groups in total. The van der Waals surface area contributed by atoms with Crippen molar-refractivity contribution in [2.24, 2.45) is 0 Å². The first-order valence-corrected chi connectivity index (χ1v) is 8.82. The van der Waals surface area contributed by atoms with E-state index in [2.05, 4.69) is 5.32 Å². The highest BCUT2D eigenvalue weighted by Crippen LogP contribution is 2.34. The van der Waals surface area contributed by atoms with E-state index in [4.69, 9.17) is 18.9 Å². The first-order chi connectivity index (χ1) is 12.2. The average molecular weight is 365 g/mol. The van der Waals surface area contributed by atoms with Crippen LogP contribution in [0.1, 0.15) is 31.9 Å². The number of carbonyl (C=O) groups is 1. The molecule has 1 aromatic carbocycles. The maximum Gasteiger partial charge on any atom is 0.223 e. The van der Waals surface area contributed by atoms with Crippen LogP contribution in [-0.4, -0.2) is 54.1 Å². The third-order valence-electron chi connectivity index (χ3n) is 4.64. The zero-order chi connectivity index (χ0) is 19.1. The van der Waals surface area contributed by atoms with Gasteiger partial charge in [-0.1, -0.05) is 12.1 Å². The van der Waals surface area contributed by atoms with Crippen molar-refractivity contribution >= 4 is 5.91 Å². The molecule has 5 atom stereocenters. The van der Waals surface area contributed by atoms with Gasteiger partial charge in [-0.15, -0.1) is 0 Å².